The molecule has 3 heterocycles. The zero-order valence-corrected chi connectivity index (χ0v) is 10.6. The molecule has 0 saturated carbocycles. The SMILES string of the molecule is c1c2c(cc3c1nnn3CC1CCNCC1)OCO2. The molecule has 100 valence electrons. The van der Waals surface area contributed by atoms with E-state index >= 15 is 0 Å². The molecule has 0 unspecified atom stereocenters. The van der Waals surface area contributed by atoms with Crippen LogP contribution in [0.3, 0.4) is 0 Å². The first kappa shape index (κ1) is 11.0. The molecule has 0 spiro atoms. The van der Waals surface area contributed by atoms with E-state index in [1.165, 1.54) is 12.8 Å². The smallest absolute Gasteiger partial charge is 0.231 e. The van der Waals surface area contributed by atoms with E-state index in [2.05, 4.69) is 15.6 Å². The van der Waals surface area contributed by atoms with E-state index in [0.717, 1.165) is 42.2 Å². The molecule has 1 aromatic carbocycles. The third-order valence-electron chi connectivity index (χ3n) is 3.90. The molecule has 2 aromatic rings. The van der Waals surface area contributed by atoms with Crippen molar-refractivity contribution in [3.05, 3.63) is 12.1 Å². The van der Waals surface area contributed by atoms with Crippen LogP contribution in [0, 0.1) is 5.92 Å². The van der Waals surface area contributed by atoms with Crippen LogP contribution in [0.25, 0.3) is 11.0 Å². The van der Waals surface area contributed by atoms with Gasteiger partial charge in [-0.3, -0.25) is 0 Å². The highest BCUT2D eigenvalue weighted by atomic mass is 16.7. The number of hydrogen-bond acceptors (Lipinski definition) is 5. The van der Waals surface area contributed by atoms with Crippen LogP contribution in [-0.2, 0) is 6.54 Å². The van der Waals surface area contributed by atoms with Crippen molar-refractivity contribution in [3.8, 4) is 11.5 Å². The molecule has 0 atom stereocenters. The van der Waals surface area contributed by atoms with Gasteiger partial charge in [0.15, 0.2) is 11.5 Å². The lowest BCUT2D eigenvalue weighted by Crippen LogP contribution is -2.30. The molecule has 0 bridgehead atoms. The van der Waals surface area contributed by atoms with Gasteiger partial charge in [-0.15, -0.1) is 5.10 Å². The van der Waals surface area contributed by atoms with E-state index in [-0.39, 0.29) is 0 Å². The average molecular weight is 260 g/mol. The van der Waals surface area contributed by atoms with Crippen LogP contribution < -0.4 is 14.8 Å². The summed E-state index contributed by atoms with van der Waals surface area (Å²) in [6, 6.07) is 3.89. The highest BCUT2D eigenvalue weighted by Crippen LogP contribution is 2.35. The Morgan fingerprint density at radius 1 is 1.21 bits per heavy atom. The largest absolute Gasteiger partial charge is 0.454 e. The van der Waals surface area contributed by atoms with Crippen molar-refractivity contribution in [1.82, 2.24) is 20.3 Å². The van der Waals surface area contributed by atoms with Crippen LogP contribution in [0.2, 0.25) is 0 Å². The van der Waals surface area contributed by atoms with Crippen LogP contribution in [0.4, 0.5) is 0 Å². The Bertz CT molecular complexity index is 604. The fourth-order valence-electron chi connectivity index (χ4n) is 2.80. The Morgan fingerprint density at radius 3 is 2.84 bits per heavy atom. The lowest BCUT2D eigenvalue weighted by molar-refractivity contribution is 0.174. The lowest BCUT2D eigenvalue weighted by atomic mass is 9.98. The summed E-state index contributed by atoms with van der Waals surface area (Å²) in [5.41, 5.74) is 1.90. The monoisotopic (exact) mass is 260 g/mol. The van der Waals surface area contributed by atoms with Crippen LogP contribution >= 0.6 is 0 Å². The number of piperidine rings is 1. The van der Waals surface area contributed by atoms with Gasteiger partial charge in [0, 0.05) is 18.7 Å². The van der Waals surface area contributed by atoms with Crippen LogP contribution in [-0.4, -0.2) is 34.9 Å². The lowest BCUT2D eigenvalue weighted by Gasteiger charge is -2.22. The summed E-state index contributed by atoms with van der Waals surface area (Å²) in [6.45, 7) is 3.43. The fourth-order valence-corrected chi connectivity index (χ4v) is 2.80. The second-order valence-corrected chi connectivity index (χ2v) is 5.16. The summed E-state index contributed by atoms with van der Waals surface area (Å²) >= 11 is 0. The van der Waals surface area contributed by atoms with Gasteiger partial charge >= 0.3 is 0 Å². The maximum absolute atomic E-state index is 5.42. The number of fused-ring (bicyclic) bond motifs is 2. The highest BCUT2D eigenvalue weighted by Gasteiger charge is 2.19. The summed E-state index contributed by atoms with van der Waals surface area (Å²) < 4.78 is 12.8. The zero-order valence-electron chi connectivity index (χ0n) is 10.6. The molecule has 0 aliphatic carbocycles. The summed E-state index contributed by atoms with van der Waals surface area (Å²) in [6.07, 6.45) is 2.40. The van der Waals surface area contributed by atoms with Crippen LogP contribution in [0.5, 0.6) is 11.5 Å². The van der Waals surface area contributed by atoms with Crippen molar-refractivity contribution in [1.29, 1.82) is 0 Å². The van der Waals surface area contributed by atoms with Gasteiger partial charge in [0.1, 0.15) is 5.52 Å². The first-order valence-electron chi connectivity index (χ1n) is 6.74. The van der Waals surface area contributed by atoms with Crippen LogP contribution in [0.1, 0.15) is 12.8 Å². The number of hydrogen-bond donors (Lipinski definition) is 1. The summed E-state index contributed by atoms with van der Waals surface area (Å²) in [5, 5.41) is 11.9. The predicted molar refractivity (Wildman–Crippen MR) is 69.2 cm³/mol. The van der Waals surface area contributed by atoms with E-state index in [1.807, 2.05) is 16.8 Å². The summed E-state index contributed by atoms with van der Waals surface area (Å²) in [5.74, 6) is 2.24. The second-order valence-electron chi connectivity index (χ2n) is 5.16. The van der Waals surface area contributed by atoms with Gasteiger partial charge < -0.3 is 14.8 Å². The highest BCUT2D eigenvalue weighted by molar-refractivity contribution is 5.79. The average Bonchev–Trinajstić information content (AvgIpc) is 3.05. The van der Waals surface area contributed by atoms with Crippen molar-refractivity contribution < 1.29 is 9.47 Å². The van der Waals surface area contributed by atoms with E-state index in [0.29, 0.717) is 12.7 Å². The number of rotatable bonds is 2. The van der Waals surface area contributed by atoms with Crippen LogP contribution in [0.15, 0.2) is 12.1 Å². The van der Waals surface area contributed by atoms with Crippen molar-refractivity contribution in [2.75, 3.05) is 19.9 Å². The van der Waals surface area contributed by atoms with Gasteiger partial charge in [-0.1, -0.05) is 5.21 Å². The summed E-state index contributed by atoms with van der Waals surface area (Å²) in [7, 11) is 0. The Kier molecular flexibility index (Phi) is 2.55. The predicted octanol–water partition coefficient (Wildman–Crippen LogP) is 1.16. The molecule has 6 heteroatoms. The fraction of sp³-hybridized carbons (Fsp3) is 0.538. The molecule has 1 aromatic heterocycles. The Balaban J connectivity index is 1.66. The van der Waals surface area contributed by atoms with Gasteiger partial charge in [0.05, 0.1) is 5.52 Å². The molecule has 6 nitrogen and oxygen atoms in total. The Labute approximate surface area is 110 Å². The third-order valence-corrected chi connectivity index (χ3v) is 3.90. The maximum atomic E-state index is 5.42. The van der Waals surface area contributed by atoms with Gasteiger partial charge in [0.2, 0.25) is 6.79 Å². The standard InChI is InChI=1S/C13H16N4O2/c1-3-14-4-2-9(1)7-17-11-6-13-12(18-8-19-13)5-10(11)15-16-17/h5-6,9,14H,1-4,7-8H2. The van der Waals surface area contributed by atoms with Gasteiger partial charge in [0.25, 0.3) is 0 Å². The first-order valence-corrected chi connectivity index (χ1v) is 6.74. The van der Waals surface area contributed by atoms with Crippen molar-refractivity contribution in [2.45, 2.75) is 19.4 Å². The molecule has 2 aliphatic rings. The molecule has 2 aliphatic heterocycles. The molecule has 1 saturated heterocycles. The molecule has 0 radical (unpaired) electrons. The van der Waals surface area contributed by atoms with Crippen molar-refractivity contribution in [3.63, 3.8) is 0 Å². The first-order chi connectivity index (χ1) is 9.40. The zero-order chi connectivity index (χ0) is 12.7. The molecule has 1 N–H and O–H groups in total. The number of nitrogens with one attached hydrogen (secondary N) is 1. The molecular formula is C13H16N4O2. The third kappa shape index (κ3) is 1.92. The van der Waals surface area contributed by atoms with E-state index < -0.39 is 0 Å². The molecule has 1 fully saturated rings. The quantitative estimate of drug-likeness (QED) is 0.878. The second kappa shape index (κ2) is 4.38. The normalized spacial score (nSPS) is 19.2. The van der Waals surface area contributed by atoms with Gasteiger partial charge in [-0.2, -0.15) is 0 Å². The summed E-state index contributed by atoms with van der Waals surface area (Å²) in [4.78, 5) is 0. The minimum Gasteiger partial charge on any atom is -0.454 e. The molecule has 4 rings (SSSR count). The van der Waals surface area contributed by atoms with E-state index in [9.17, 15) is 0 Å². The van der Waals surface area contributed by atoms with Crippen molar-refractivity contribution in [2.24, 2.45) is 5.92 Å². The van der Waals surface area contributed by atoms with Crippen molar-refractivity contribution >= 4 is 11.0 Å². The molecular weight excluding hydrogens is 244 g/mol. The number of aromatic nitrogens is 3. The van der Waals surface area contributed by atoms with Gasteiger partial charge in [-0.05, 0) is 31.8 Å². The Hall–Kier alpha value is -1.82. The van der Waals surface area contributed by atoms with E-state index in [1.54, 1.807) is 0 Å². The number of benzene rings is 1. The number of ether oxygens (including phenoxy) is 2. The number of nitrogens with zero attached hydrogens (tertiary/aromatic N) is 3. The maximum Gasteiger partial charge on any atom is 0.231 e. The van der Waals surface area contributed by atoms with E-state index in [4.69, 9.17) is 9.47 Å². The molecule has 0 amide bonds. The molecule has 19 heavy (non-hydrogen) atoms. The van der Waals surface area contributed by atoms with Gasteiger partial charge in [-0.25, -0.2) is 4.68 Å². The Morgan fingerprint density at radius 2 is 2.00 bits per heavy atom. The minimum absolute atomic E-state index is 0.295. The minimum atomic E-state index is 0.295. The topological polar surface area (TPSA) is 61.2 Å².